The Hall–Kier alpha value is -0.550. The zero-order chi connectivity index (χ0) is 16.5. The molecule has 4 unspecified atom stereocenters. The largest absolute Gasteiger partial charge is 0.377 e. The van der Waals surface area contributed by atoms with Crippen molar-refractivity contribution in [2.45, 2.75) is 83.4 Å². The Kier molecular flexibility index (Phi) is 3.45. The molecule has 0 bridgehead atoms. The molecular formula is C21H31FO. The number of halogens is 1. The van der Waals surface area contributed by atoms with E-state index in [-0.39, 0.29) is 5.41 Å². The summed E-state index contributed by atoms with van der Waals surface area (Å²) in [6.07, 6.45) is 14.2. The summed E-state index contributed by atoms with van der Waals surface area (Å²) >= 11 is 0. The first-order chi connectivity index (χ1) is 10.8. The van der Waals surface area contributed by atoms with Gasteiger partial charge in [-0.25, -0.2) is 4.39 Å². The quantitative estimate of drug-likeness (QED) is 0.640. The van der Waals surface area contributed by atoms with Crippen LogP contribution in [0.25, 0.3) is 0 Å². The van der Waals surface area contributed by atoms with Crippen molar-refractivity contribution in [3.8, 4) is 12.3 Å². The highest BCUT2D eigenvalue weighted by Crippen LogP contribution is 2.68. The maximum absolute atomic E-state index is 13.9. The fourth-order valence-electron chi connectivity index (χ4n) is 7.46. The van der Waals surface area contributed by atoms with Gasteiger partial charge in [-0.2, -0.15) is 0 Å². The van der Waals surface area contributed by atoms with Crippen LogP contribution >= 0.6 is 0 Å². The van der Waals surface area contributed by atoms with E-state index < -0.39 is 11.8 Å². The number of fused-ring (bicyclic) bond motifs is 5. The van der Waals surface area contributed by atoms with Crippen LogP contribution in [0.5, 0.6) is 0 Å². The molecule has 1 N–H and O–H groups in total. The van der Waals surface area contributed by atoms with E-state index in [1.807, 2.05) is 0 Å². The molecule has 4 aliphatic carbocycles. The van der Waals surface area contributed by atoms with Crippen LogP contribution in [0.15, 0.2) is 0 Å². The third-order valence-corrected chi connectivity index (χ3v) is 8.99. The Balaban J connectivity index is 1.65. The normalized spacial score (nSPS) is 58.7. The number of hydrogen-bond donors (Lipinski definition) is 1. The number of terminal acetylenes is 1. The van der Waals surface area contributed by atoms with Crippen LogP contribution in [0.1, 0.15) is 71.6 Å². The second-order valence-electron chi connectivity index (χ2n) is 9.53. The minimum absolute atomic E-state index is 0.108. The highest BCUT2D eigenvalue weighted by Gasteiger charge is 2.64. The molecule has 0 spiro atoms. The van der Waals surface area contributed by atoms with Crippen molar-refractivity contribution in [1.29, 1.82) is 0 Å². The van der Waals surface area contributed by atoms with E-state index >= 15 is 0 Å². The second-order valence-corrected chi connectivity index (χ2v) is 9.53. The van der Waals surface area contributed by atoms with Crippen LogP contribution in [0, 0.1) is 46.8 Å². The molecule has 128 valence electrons. The van der Waals surface area contributed by atoms with Gasteiger partial charge in [0.1, 0.15) is 11.8 Å². The van der Waals surface area contributed by atoms with E-state index in [1.54, 1.807) is 0 Å². The monoisotopic (exact) mass is 318 g/mol. The van der Waals surface area contributed by atoms with Gasteiger partial charge < -0.3 is 5.11 Å². The first kappa shape index (κ1) is 15.9. The molecule has 23 heavy (non-hydrogen) atoms. The first-order valence-electron chi connectivity index (χ1n) is 9.68. The van der Waals surface area contributed by atoms with Gasteiger partial charge in [-0.15, -0.1) is 6.42 Å². The third kappa shape index (κ3) is 1.95. The van der Waals surface area contributed by atoms with Crippen molar-refractivity contribution in [2.75, 3.05) is 0 Å². The molecule has 0 radical (unpaired) electrons. The highest BCUT2D eigenvalue weighted by atomic mass is 19.1. The summed E-state index contributed by atoms with van der Waals surface area (Å²) in [6, 6.07) is 0. The summed E-state index contributed by atoms with van der Waals surface area (Å²) in [4.78, 5) is 0. The fourth-order valence-corrected chi connectivity index (χ4v) is 7.46. The topological polar surface area (TPSA) is 20.2 Å². The van der Waals surface area contributed by atoms with Crippen LogP contribution in [0.3, 0.4) is 0 Å². The molecular weight excluding hydrogens is 287 g/mol. The van der Waals surface area contributed by atoms with E-state index in [1.165, 1.54) is 19.3 Å². The van der Waals surface area contributed by atoms with Crippen LogP contribution in [-0.4, -0.2) is 16.9 Å². The lowest BCUT2D eigenvalue weighted by molar-refractivity contribution is -0.140. The van der Waals surface area contributed by atoms with Crippen LogP contribution in [0.2, 0.25) is 0 Å². The molecule has 0 saturated heterocycles. The van der Waals surface area contributed by atoms with Gasteiger partial charge in [0, 0.05) is 5.41 Å². The average Bonchev–Trinajstić information content (AvgIpc) is 2.80. The van der Waals surface area contributed by atoms with Crippen LogP contribution in [0.4, 0.5) is 4.39 Å². The summed E-state index contributed by atoms with van der Waals surface area (Å²) in [5.74, 6) is 5.29. The Labute approximate surface area is 140 Å². The molecule has 0 aromatic carbocycles. The minimum Gasteiger partial charge on any atom is -0.377 e. The molecule has 4 saturated carbocycles. The molecule has 1 nitrogen and oxygen atoms in total. The zero-order valence-electron chi connectivity index (χ0n) is 14.7. The molecule has 8 atom stereocenters. The van der Waals surface area contributed by atoms with Gasteiger partial charge in [0.2, 0.25) is 0 Å². The van der Waals surface area contributed by atoms with Crippen molar-refractivity contribution in [3.63, 3.8) is 0 Å². The van der Waals surface area contributed by atoms with Gasteiger partial charge in [0.25, 0.3) is 0 Å². The third-order valence-electron chi connectivity index (χ3n) is 8.99. The van der Waals surface area contributed by atoms with Crippen molar-refractivity contribution >= 4 is 0 Å². The molecule has 0 aliphatic heterocycles. The molecule has 4 fully saturated rings. The number of alkyl halides is 1. The lowest BCUT2D eigenvalue weighted by atomic mass is 9.44. The highest BCUT2D eigenvalue weighted by molar-refractivity contribution is 5.23. The van der Waals surface area contributed by atoms with Crippen LogP contribution in [-0.2, 0) is 0 Å². The van der Waals surface area contributed by atoms with E-state index in [0.717, 1.165) is 38.5 Å². The van der Waals surface area contributed by atoms with Gasteiger partial charge in [-0.3, -0.25) is 0 Å². The zero-order valence-corrected chi connectivity index (χ0v) is 14.7. The predicted octanol–water partition coefficient (Wildman–Crippen LogP) is 4.73. The smallest absolute Gasteiger partial charge is 0.130 e. The molecule has 4 aliphatic rings. The van der Waals surface area contributed by atoms with Crippen molar-refractivity contribution < 1.29 is 9.50 Å². The summed E-state index contributed by atoms with van der Waals surface area (Å²) in [6.45, 7) is 4.69. The molecule has 0 heterocycles. The lowest BCUT2D eigenvalue weighted by Crippen LogP contribution is -2.56. The maximum Gasteiger partial charge on any atom is 0.130 e. The van der Waals surface area contributed by atoms with E-state index in [4.69, 9.17) is 6.42 Å². The molecule has 0 amide bonds. The number of aliphatic hydroxyl groups is 1. The summed E-state index contributed by atoms with van der Waals surface area (Å²) in [7, 11) is 0. The average molecular weight is 318 g/mol. The van der Waals surface area contributed by atoms with Crippen molar-refractivity contribution in [1.82, 2.24) is 0 Å². The van der Waals surface area contributed by atoms with E-state index in [9.17, 15) is 9.50 Å². The summed E-state index contributed by atoms with van der Waals surface area (Å²) < 4.78 is 13.9. The Morgan fingerprint density at radius 2 is 1.74 bits per heavy atom. The SMILES string of the molecule is C#C[C@]1(O)CCC2C3CCC4C[C@@H](F)CC[C@]4(C)C3CC[C@@]21C. The van der Waals surface area contributed by atoms with Gasteiger partial charge in [-0.1, -0.05) is 19.8 Å². The maximum atomic E-state index is 13.9. The van der Waals surface area contributed by atoms with E-state index in [2.05, 4.69) is 19.8 Å². The van der Waals surface area contributed by atoms with Gasteiger partial charge in [-0.05, 0) is 86.9 Å². The van der Waals surface area contributed by atoms with Crippen molar-refractivity contribution in [3.05, 3.63) is 0 Å². The van der Waals surface area contributed by atoms with Gasteiger partial charge >= 0.3 is 0 Å². The standard InChI is InChI=1S/C21H31FO/c1-4-21(23)12-9-18-16-6-5-14-13-15(22)7-10-19(14,2)17(16)8-11-20(18,21)3/h1,14-18,23H,5-13H2,2-3H3/t14?,15-,16?,17?,18?,19-,20-,21-/m0/s1. The summed E-state index contributed by atoms with van der Waals surface area (Å²) in [5.41, 5.74) is -0.690. The predicted molar refractivity (Wildman–Crippen MR) is 90.4 cm³/mol. The minimum atomic E-state index is -0.906. The van der Waals surface area contributed by atoms with Gasteiger partial charge in [0.15, 0.2) is 0 Å². The Bertz CT molecular complexity index is 538. The van der Waals surface area contributed by atoms with Gasteiger partial charge in [0.05, 0.1) is 0 Å². The molecule has 0 aromatic heterocycles. The summed E-state index contributed by atoms with van der Waals surface area (Å²) in [5, 5.41) is 11.0. The number of rotatable bonds is 0. The Morgan fingerprint density at radius 1 is 1.00 bits per heavy atom. The Morgan fingerprint density at radius 3 is 2.48 bits per heavy atom. The molecule has 4 rings (SSSR count). The fraction of sp³-hybridized carbons (Fsp3) is 0.905. The first-order valence-corrected chi connectivity index (χ1v) is 9.68. The molecule has 2 heteroatoms. The second kappa shape index (κ2) is 4.98. The number of hydrogen-bond acceptors (Lipinski definition) is 1. The van der Waals surface area contributed by atoms with Crippen molar-refractivity contribution in [2.24, 2.45) is 34.5 Å². The molecule has 0 aromatic rings. The van der Waals surface area contributed by atoms with Crippen LogP contribution < -0.4 is 0 Å². The van der Waals surface area contributed by atoms with E-state index in [0.29, 0.717) is 29.1 Å². The lowest BCUT2D eigenvalue weighted by Gasteiger charge is -2.61.